The van der Waals surface area contributed by atoms with Crippen LogP contribution in [0.1, 0.15) is 16.9 Å². The molecule has 3 aromatic carbocycles. The molecule has 1 aliphatic heterocycles. The molecule has 0 atom stereocenters. The van der Waals surface area contributed by atoms with Gasteiger partial charge in [0, 0.05) is 15.7 Å². The first kappa shape index (κ1) is 28.1. The summed E-state index contributed by atoms with van der Waals surface area (Å²) in [6.07, 6.45) is 4.84. The molecule has 0 radical (unpaired) electrons. The SMILES string of the molecule is O=C(COc1ccccc1/C=C1\S/C(=N\N=C\c2ccc(Br)cc2)N(Cc2ccco2)C1=O)Nc1ccc(F)cc1. The first-order valence-corrected chi connectivity index (χ1v) is 13.9. The van der Waals surface area contributed by atoms with E-state index in [4.69, 9.17) is 9.15 Å². The van der Waals surface area contributed by atoms with Gasteiger partial charge in [0.1, 0.15) is 17.3 Å². The highest BCUT2D eigenvalue weighted by atomic mass is 79.9. The van der Waals surface area contributed by atoms with Crippen LogP contribution in [0.2, 0.25) is 0 Å². The van der Waals surface area contributed by atoms with Crippen molar-refractivity contribution in [1.82, 2.24) is 4.90 Å². The normalized spacial score (nSPS) is 15.3. The Morgan fingerprint density at radius 1 is 1.05 bits per heavy atom. The lowest BCUT2D eigenvalue weighted by molar-refractivity contribution is -0.122. The van der Waals surface area contributed by atoms with Gasteiger partial charge in [-0.05, 0) is 78.0 Å². The number of amidine groups is 1. The smallest absolute Gasteiger partial charge is 0.267 e. The average molecular weight is 633 g/mol. The highest BCUT2D eigenvalue weighted by Crippen LogP contribution is 2.35. The zero-order chi connectivity index (χ0) is 28.6. The molecule has 1 aliphatic rings. The Labute approximate surface area is 247 Å². The maximum Gasteiger partial charge on any atom is 0.267 e. The molecule has 8 nitrogen and oxygen atoms in total. The number of benzene rings is 3. The van der Waals surface area contributed by atoms with E-state index in [0.29, 0.717) is 32.8 Å². The van der Waals surface area contributed by atoms with Gasteiger partial charge in [0.05, 0.1) is 23.9 Å². The Balaban J connectivity index is 1.33. The van der Waals surface area contributed by atoms with Crippen LogP contribution in [-0.2, 0) is 16.1 Å². The molecule has 206 valence electrons. The van der Waals surface area contributed by atoms with E-state index in [1.165, 1.54) is 40.9 Å². The molecule has 1 aromatic heterocycles. The number of hydrogen-bond acceptors (Lipinski definition) is 7. The molecule has 5 rings (SSSR count). The van der Waals surface area contributed by atoms with E-state index in [2.05, 4.69) is 31.4 Å². The molecule has 1 saturated heterocycles. The summed E-state index contributed by atoms with van der Waals surface area (Å²) >= 11 is 4.58. The van der Waals surface area contributed by atoms with Crippen molar-refractivity contribution in [2.24, 2.45) is 10.2 Å². The monoisotopic (exact) mass is 632 g/mol. The molecule has 4 aromatic rings. The van der Waals surface area contributed by atoms with E-state index >= 15 is 0 Å². The van der Waals surface area contributed by atoms with Crippen LogP contribution in [0.5, 0.6) is 5.75 Å². The molecule has 2 heterocycles. The van der Waals surface area contributed by atoms with Gasteiger partial charge in [0.2, 0.25) is 0 Å². The van der Waals surface area contributed by atoms with Gasteiger partial charge >= 0.3 is 0 Å². The van der Waals surface area contributed by atoms with Crippen LogP contribution in [-0.4, -0.2) is 34.7 Å². The number of amides is 2. The van der Waals surface area contributed by atoms with Gasteiger partial charge in [-0.1, -0.05) is 46.3 Å². The number of rotatable bonds is 9. The predicted octanol–water partition coefficient (Wildman–Crippen LogP) is 6.71. The van der Waals surface area contributed by atoms with Gasteiger partial charge in [-0.2, -0.15) is 5.10 Å². The van der Waals surface area contributed by atoms with Gasteiger partial charge in [0.25, 0.3) is 11.8 Å². The van der Waals surface area contributed by atoms with Crippen molar-refractivity contribution >= 4 is 62.7 Å². The zero-order valence-electron chi connectivity index (χ0n) is 21.4. The average Bonchev–Trinajstić information content (AvgIpc) is 3.59. The quantitative estimate of drug-likeness (QED) is 0.126. The van der Waals surface area contributed by atoms with Crippen LogP contribution >= 0.6 is 27.7 Å². The fraction of sp³-hybridized carbons (Fsp3) is 0.0667. The third-order valence-electron chi connectivity index (χ3n) is 5.69. The van der Waals surface area contributed by atoms with E-state index < -0.39 is 11.7 Å². The van der Waals surface area contributed by atoms with Crippen molar-refractivity contribution in [3.05, 3.63) is 123 Å². The van der Waals surface area contributed by atoms with Gasteiger partial charge < -0.3 is 14.5 Å². The molecular formula is C30H22BrFN4O4S. The van der Waals surface area contributed by atoms with Crippen LogP contribution in [0.4, 0.5) is 10.1 Å². The number of nitrogens with zero attached hydrogens (tertiary/aromatic N) is 3. The van der Waals surface area contributed by atoms with Gasteiger partial charge in [0.15, 0.2) is 11.8 Å². The lowest BCUT2D eigenvalue weighted by atomic mass is 10.2. The second kappa shape index (κ2) is 13.2. The number of ether oxygens (including phenoxy) is 1. The molecule has 41 heavy (non-hydrogen) atoms. The number of hydrogen-bond donors (Lipinski definition) is 1. The van der Waals surface area contributed by atoms with E-state index in [-0.39, 0.29) is 19.1 Å². The summed E-state index contributed by atoms with van der Waals surface area (Å²) in [6, 6.07) is 23.6. The number of thioether (sulfide) groups is 1. The second-order valence-electron chi connectivity index (χ2n) is 8.64. The standard InChI is InChI=1S/C30H22BrFN4O4S/c31-22-9-7-20(8-10-22)17-33-35-30-36(18-25-5-3-15-39-25)29(38)27(41-30)16-21-4-1-2-6-26(21)40-19-28(37)34-24-13-11-23(32)12-14-24/h1-17H,18-19H2,(H,34,37)/b27-16-,33-17+,35-30-. The van der Waals surface area contributed by atoms with Crippen LogP contribution < -0.4 is 10.1 Å². The number of carbonyl (C=O) groups is 2. The van der Waals surface area contributed by atoms with Crippen molar-refractivity contribution in [3.8, 4) is 5.75 Å². The Morgan fingerprint density at radius 3 is 2.59 bits per heavy atom. The molecule has 1 N–H and O–H groups in total. The maximum absolute atomic E-state index is 13.4. The molecule has 2 amide bonds. The van der Waals surface area contributed by atoms with Crippen molar-refractivity contribution in [3.63, 3.8) is 0 Å². The van der Waals surface area contributed by atoms with Crippen LogP contribution in [0.3, 0.4) is 0 Å². The molecule has 0 aliphatic carbocycles. The Bertz CT molecular complexity index is 1620. The number of anilines is 1. The van der Waals surface area contributed by atoms with E-state index in [0.717, 1.165) is 10.0 Å². The van der Waals surface area contributed by atoms with Crippen LogP contribution in [0.15, 0.2) is 115 Å². The lowest BCUT2D eigenvalue weighted by Gasteiger charge is -2.12. The minimum absolute atomic E-state index is 0.185. The minimum atomic E-state index is -0.409. The summed E-state index contributed by atoms with van der Waals surface area (Å²) < 4.78 is 25.3. The Hall–Kier alpha value is -4.48. The molecule has 0 unspecified atom stereocenters. The van der Waals surface area contributed by atoms with E-state index in [1.54, 1.807) is 55.0 Å². The molecular weight excluding hydrogens is 611 g/mol. The maximum atomic E-state index is 13.4. The van der Waals surface area contributed by atoms with E-state index in [1.807, 2.05) is 24.3 Å². The van der Waals surface area contributed by atoms with Crippen molar-refractivity contribution < 1.29 is 23.1 Å². The predicted molar refractivity (Wildman–Crippen MR) is 161 cm³/mol. The Morgan fingerprint density at radius 2 is 1.83 bits per heavy atom. The fourth-order valence-corrected chi connectivity index (χ4v) is 4.91. The summed E-state index contributed by atoms with van der Waals surface area (Å²) in [7, 11) is 0. The van der Waals surface area contributed by atoms with Crippen molar-refractivity contribution in [2.45, 2.75) is 6.54 Å². The Kier molecular flexibility index (Phi) is 9.07. The summed E-state index contributed by atoms with van der Waals surface area (Å²) in [5.41, 5.74) is 1.92. The largest absolute Gasteiger partial charge is 0.483 e. The number of para-hydroxylation sites is 1. The first-order valence-electron chi connectivity index (χ1n) is 12.3. The third kappa shape index (κ3) is 7.59. The highest BCUT2D eigenvalue weighted by Gasteiger charge is 2.34. The number of furan rings is 1. The van der Waals surface area contributed by atoms with E-state index in [9.17, 15) is 14.0 Å². The van der Waals surface area contributed by atoms with Crippen LogP contribution in [0, 0.1) is 5.82 Å². The number of nitrogens with one attached hydrogen (secondary N) is 1. The molecule has 11 heteroatoms. The highest BCUT2D eigenvalue weighted by molar-refractivity contribution is 9.10. The third-order valence-corrected chi connectivity index (χ3v) is 7.22. The van der Waals surface area contributed by atoms with Crippen molar-refractivity contribution in [2.75, 3.05) is 11.9 Å². The molecule has 0 spiro atoms. The lowest BCUT2D eigenvalue weighted by Crippen LogP contribution is -2.28. The minimum Gasteiger partial charge on any atom is -0.483 e. The first-order chi connectivity index (χ1) is 19.9. The number of halogens is 2. The van der Waals surface area contributed by atoms with Gasteiger partial charge in [-0.15, -0.1) is 5.10 Å². The summed E-state index contributed by atoms with van der Waals surface area (Å²) in [5, 5.41) is 11.6. The fourth-order valence-electron chi connectivity index (χ4n) is 3.72. The second-order valence-corrected chi connectivity index (χ2v) is 10.6. The number of carbonyl (C=O) groups excluding carboxylic acids is 2. The zero-order valence-corrected chi connectivity index (χ0v) is 23.8. The summed E-state index contributed by atoms with van der Waals surface area (Å²) in [4.78, 5) is 27.7. The van der Waals surface area contributed by atoms with Crippen molar-refractivity contribution in [1.29, 1.82) is 0 Å². The summed E-state index contributed by atoms with van der Waals surface area (Å²) in [6.45, 7) is -0.0920. The van der Waals surface area contributed by atoms with Crippen LogP contribution in [0.25, 0.3) is 6.08 Å². The molecule has 1 fully saturated rings. The van der Waals surface area contributed by atoms with Gasteiger partial charge in [-0.3, -0.25) is 14.5 Å². The van der Waals surface area contributed by atoms with Gasteiger partial charge in [-0.25, -0.2) is 4.39 Å². The molecule has 0 saturated carbocycles. The topological polar surface area (TPSA) is 96.5 Å². The summed E-state index contributed by atoms with van der Waals surface area (Å²) in [5.74, 6) is -0.0617. The molecule has 0 bridgehead atoms.